The van der Waals surface area contributed by atoms with Gasteiger partial charge in [0.1, 0.15) is 6.10 Å². The number of hydrogen-bond acceptors (Lipinski definition) is 3. The Morgan fingerprint density at radius 2 is 1.74 bits per heavy atom. The van der Waals surface area contributed by atoms with Gasteiger partial charge < -0.3 is 14.3 Å². The predicted molar refractivity (Wildman–Crippen MR) is 96.8 cm³/mol. The van der Waals surface area contributed by atoms with Gasteiger partial charge in [-0.1, -0.05) is 50.6 Å². The predicted octanol–water partition coefficient (Wildman–Crippen LogP) is 5.03. The van der Waals surface area contributed by atoms with Crippen molar-refractivity contribution in [2.75, 3.05) is 0 Å². The molecule has 0 amide bonds. The number of benzene rings is 1. The Bertz CT molecular complexity index is 505. The maximum atomic E-state index is 10.4. The van der Waals surface area contributed by atoms with E-state index in [0.29, 0.717) is 0 Å². The molecule has 1 aromatic carbocycles. The second-order valence-corrected chi connectivity index (χ2v) is 12.8. The van der Waals surface area contributed by atoms with Crippen LogP contribution in [0.3, 0.4) is 0 Å². The lowest BCUT2D eigenvalue weighted by Gasteiger charge is -2.35. The number of rotatable bonds is 6. The van der Waals surface area contributed by atoms with Gasteiger partial charge in [-0.15, -0.1) is 0 Å². The fourth-order valence-electron chi connectivity index (χ4n) is 3.02. The zero-order valence-electron chi connectivity index (χ0n) is 15.4. The van der Waals surface area contributed by atoms with Crippen molar-refractivity contribution in [2.24, 2.45) is 0 Å². The minimum atomic E-state index is -2.14. The van der Waals surface area contributed by atoms with Crippen molar-refractivity contribution in [1.82, 2.24) is 0 Å². The van der Waals surface area contributed by atoms with Gasteiger partial charge in [-0.3, -0.25) is 0 Å². The van der Waals surface area contributed by atoms with Gasteiger partial charge in [0.05, 0.1) is 6.10 Å². The Hall–Kier alpha value is -0.683. The zero-order valence-corrected chi connectivity index (χ0v) is 16.4. The maximum absolute atomic E-state index is 10.4. The third kappa shape index (κ3) is 4.66. The third-order valence-corrected chi connectivity index (χ3v) is 8.82. The molecule has 1 heterocycles. The molecule has 130 valence electrons. The normalized spacial score (nSPS) is 24.8. The van der Waals surface area contributed by atoms with Crippen LogP contribution in [0.1, 0.15) is 58.6 Å². The molecule has 1 aliphatic rings. The molecule has 0 aliphatic carbocycles. The molecule has 0 saturated carbocycles. The SMILES string of the molecule is CC1(C)O[C@@H](CCCC(C)(C)[Si](C)(C)O)[C@H](c2ccccc2)O1. The highest BCUT2D eigenvalue weighted by atomic mass is 28.4. The van der Waals surface area contributed by atoms with Crippen LogP contribution < -0.4 is 0 Å². The first-order valence-electron chi connectivity index (χ1n) is 8.65. The first kappa shape index (κ1) is 18.7. The highest BCUT2D eigenvalue weighted by Crippen LogP contribution is 2.43. The van der Waals surface area contributed by atoms with Crippen LogP contribution in [-0.2, 0) is 9.47 Å². The standard InChI is InChI=1S/C19H32O3Si/c1-18(2,23(5,6)20)14-10-13-16-17(22-19(3,4)21-16)15-11-8-7-9-12-15/h7-9,11-12,16-17,20H,10,13-14H2,1-6H3/t16-,17-/m0/s1. The van der Waals surface area contributed by atoms with Gasteiger partial charge in [0, 0.05) is 0 Å². The molecule has 1 aliphatic heterocycles. The van der Waals surface area contributed by atoms with Crippen LogP contribution in [-0.4, -0.2) is 25.0 Å². The molecule has 1 aromatic rings. The van der Waals surface area contributed by atoms with Crippen LogP contribution >= 0.6 is 0 Å². The molecule has 4 heteroatoms. The second-order valence-electron chi connectivity index (χ2n) is 8.34. The lowest BCUT2D eigenvalue weighted by Crippen LogP contribution is -2.39. The van der Waals surface area contributed by atoms with Crippen LogP contribution in [0, 0.1) is 0 Å². The molecule has 3 nitrogen and oxygen atoms in total. The van der Waals surface area contributed by atoms with E-state index in [9.17, 15) is 4.80 Å². The summed E-state index contributed by atoms with van der Waals surface area (Å²) in [4.78, 5) is 10.4. The van der Waals surface area contributed by atoms with Crippen LogP contribution in [0.4, 0.5) is 0 Å². The summed E-state index contributed by atoms with van der Waals surface area (Å²) >= 11 is 0. The largest absolute Gasteiger partial charge is 0.432 e. The fraction of sp³-hybridized carbons (Fsp3) is 0.684. The van der Waals surface area contributed by atoms with Crippen LogP contribution in [0.15, 0.2) is 30.3 Å². The van der Waals surface area contributed by atoms with Crippen molar-refractivity contribution in [2.45, 2.75) is 83.1 Å². The van der Waals surface area contributed by atoms with Crippen LogP contribution in [0.25, 0.3) is 0 Å². The Kier molecular flexibility index (Phi) is 5.41. The summed E-state index contributed by atoms with van der Waals surface area (Å²) in [5.74, 6) is -0.536. The minimum Gasteiger partial charge on any atom is -0.432 e. The van der Waals surface area contributed by atoms with E-state index in [1.807, 2.05) is 45.1 Å². The van der Waals surface area contributed by atoms with Gasteiger partial charge in [-0.2, -0.15) is 0 Å². The topological polar surface area (TPSA) is 38.7 Å². The molecule has 0 bridgehead atoms. The molecular formula is C19H32O3Si. The Balaban J connectivity index is 2.00. The van der Waals surface area contributed by atoms with E-state index >= 15 is 0 Å². The summed E-state index contributed by atoms with van der Waals surface area (Å²) < 4.78 is 12.3. The highest BCUT2D eigenvalue weighted by Gasteiger charge is 2.42. The van der Waals surface area contributed by atoms with E-state index in [-0.39, 0.29) is 17.2 Å². The molecule has 1 saturated heterocycles. The monoisotopic (exact) mass is 336 g/mol. The average Bonchev–Trinajstić information content (AvgIpc) is 2.73. The molecule has 1 N–H and O–H groups in total. The van der Waals surface area contributed by atoms with Gasteiger partial charge in [-0.05, 0) is 50.4 Å². The molecular weight excluding hydrogens is 304 g/mol. The van der Waals surface area contributed by atoms with Crippen LogP contribution in [0.5, 0.6) is 0 Å². The fourth-order valence-corrected chi connectivity index (χ4v) is 3.81. The van der Waals surface area contributed by atoms with E-state index in [1.54, 1.807) is 0 Å². The molecule has 0 radical (unpaired) electrons. The Labute approximate surface area is 142 Å². The third-order valence-electron chi connectivity index (χ3n) is 5.26. The van der Waals surface area contributed by atoms with Crippen molar-refractivity contribution >= 4 is 8.32 Å². The summed E-state index contributed by atoms with van der Waals surface area (Å²) in [6.07, 6.45) is 3.08. The summed E-state index contributed by atoms with van der Waals surface area (Å²) in [6, 6.07) is 10.3. The zero-order chi connectivity index (χ0) is 17.3. The summed E-state index contributed by atoms with van der Waals surface area (Å²) in [5.41, 5.74) is 1.18. The van der Waals surface area contributed by atoms with Crippen molar-refractivity contribution in [3.8, 4) is 0 Å². The lowest BCUT2D eigenvalue weighted by molar-refractivity contribution is -0.147. The quantitative estimate of drug-likeness (QED) is 0.741. The smallest absolute Gasteiger partial charge is 0.188 e. The van der Waals surface area contributed by atoms with E-state index in [1.165, 1.54) is 5.56 Å². The van der Waals surface area contributed by atoms with Crippen molar-refractivity contribution in [3.05, 3.63) is 35.9 Å². The van der Waals surface area contributed by atoms with Gasteiger partial charge in [-0.25, -0.2) is 0 Å². The summed E-state index contributed by atoms with van der Waals surface area (Å²) in [6.45, 7) is 12.4. The molecule has 23 heavy (non-hydrogen) atoms. The summed E-state index contributed by atoms with van der Waals surface area (Å²) in [7, 11) is -2.14. The van der Waals surface area contributed by atoms with Crippen molar-refractivity contribution in [1.29, 1.82) is 0 Å². The molecule has 2 rings (SSSR count). The lowest BCUT2D eigenvalue weighted by atomic mass is 9.97. The van der Waals surface area contributed by atoms with Gasteiger partial charge >= 0.3 is 0 Å². The molecule has 0 spiro atoms. The Morgan fingerprint density at radius 3 is 2.30 bits per heavy atom. The second kappa shape index (κ2) is 6.67. The van der Waals surface area contributed by atoms with Gasteiger partial charge in [0.2, 0.25) is 0 Å². The average molecular weight is 337 g/mol. The molecule has 0 aromatic heterocycles. The minimum absolute atomic E-state index is 0.00584. The number of ether oxygens (including phenoxy) is 2. The van der Waals surface area contributed by atoms with Gasteiger partial charge in [0.25, 0.3) is 0 Å². The first-order valence-corrected chi connectivity index (χ1v) is 11.6. The Morgan fingerprint density at radius 1 is 1.13 bits per heavy atom. The molecule has 0 unspecified atom stereocenters. The van der Waals surface area contributed by atoms with E-state index in [4.69, 9.17) is 9.47 Å². The first-order chi connectivity index (χ1) is 10.5. The molecule has 2 atom stereocenters. The van der Waals surface area contributed by atoms with Crippen LogP contribution in [0.2, 0.25) is 18.1 Å². The number of hydrogen-bond donors (Lipinski definition) is 1. The van der Waals surface area contributed by atoms with E-state index in [2.05, 4.69) is 26.0 Å². The van der Waals surface area contributed by atoms with E-state index < -0.39 is 14.1 Å². The van der Waals surface area contributed by atoms with E-state index in [0.717, 1.165) is 19.3 Å². The maximum Gasteiger partial charge on any atom is 0.188 e. The highest BCUT2D eigenvalue weighted by molar-refractivity contribution is 6.72. The van der Waals surface area contributed by atoms with Crippen molar-refractivity contribution in [3.63, 3.8) is 0 Å². The van der Waals surface area contributed by atoms with Gasteiger partial charge in [0.15, 0.2) is 14.1 Å². The summed E-state index contributed by atoms with van der Waals surface area (Å²) in [5, 5.41) is 0.0181. The van der Waals surface area contributed by atoms with Crippen molar-refractivity contribution < 1.29 is 14.3 Å². The molecule has 1 fully saturated rings.